The summed E-state index contributed by atoms with van der Waals surface area (Å²) in [5, 5.41) is 0.729. The molecule has 1 unspecified atom stereocenters. The van der Waals surface area contributed by atoms with Crippen LogP contribution in [-0.4, -0.2) is 31.6 Å². The van der Waals surface area contributed by atoms with Crippen LogP contribution < -0.4 is 9.47 Å². The molecule has 4 nitrogen and oxygen atoms in total. The van der Waals surface area contributed by atoms with Crippen molar-refractivity contribution in [3.63, 3.8) is 0 Å². The number of amidine groups is 1. The quantitative estimate of drug-likeness (QED) is 0.763. The van der Waals surface area contributed by atoms with Crippen LogP contribution in [0.15, 0.2) is 41.4 Å². The molecule has 2 aromatic rings. The third-order valence-corrected chi connectivity index (χ3v) is 4.51. The lowest BCUT2D eigenvalue weighted by atomic mass is 9.90. The molecule has 0 aromatic heterocycles. The molecule has 6 heteroatoms. The van der Waals surface area contributed by atoms with Crippen molar-refractivity contribution in [2.24, 2.45) is 4.99 Å². The lowest BCUT2D eigenvalue weighted by molar-refractivity contribution is 0.174. The van der Waals surface area contributed by atoms with E-state index >= 15 is 0 Å². The Morgan fingerprint density at radius 3 is 2.42 bits per heavy atom. The summed E-state index contributed by atoms with van der Waals surface area (Å²) in [4.78, 5) is 7.02. The van der Waals surface area contributed by atoms with Crippen molar-refractivity contribution in [3.05, 3.63) is 58.1 Å². The molecule has 0 aliphatic carbocycles. The number of halogens is 2. The molecule has 0 spiro atoms. The van der Waals surface area contributed by atoms with E-state index in [0.29, 0.717) is 0 Å². The molecule has 2 aliphatic rings. The highest BCUT2D eigenvalue weighted by Crippen LogP contribution is 2.41. The third-order valence-electron chi connectivity index (χ3n) is 4.26. The van der Waals surface area contributed by atoms with E-state index in [1.165, 1.54) is 11.1 Å². The predicted octanol–water partition coefficient (Wildman–Crippen LogP) is 4.10. The van der Waals surface area contributed by atoms with Crippen LogP contribution in [0, 0.1) is 0 Å². The van der Waals surface area contributed by atoms with Gasteiger partial charge in [-0.05, 0) is 41.0 Å². The molecular formula is C18H18Cl2N2O2. The molecule has 0 radical (unpaired) electrons. The van der Waals surface area contributed by atoms with Crippen LogP contribution in [-0.2, 0) is 6.42 Å². The molecule has 2 aliphatic heterocycles. The zero-order chi connectivity index (χ0) is 16.0. The van der Waals surface area contributed by atoms with Crippen LogP contribution in [0.2, 0.25) is 5.02 Å². The van der Waals surface area contributed by atoms with E-state index < -0.39 is 0 Å². The number of hydrogen-bond acceptors (Lipinski definition) is 4. The first kappa shape index (κ1) is 16.9. The molecule has 0 saturated carbocycles. The van der Waals surface area contributed by atoms with Gasteiger partial charge in [-0.3, -0.25) is 4.99 Å². The van der Waals surface area contributed by atoms with E-state index in [-0.39, 0.29) is 25.2 Å². The van der Waals surface area contributed by atoms with Gasteiger partial charge in [-0.2, -0.15) is 0 Å². The van der Waals surface area contributed by atoms with Crippen LogP contribution in [0.3, 0.4) is 0 Å². The van der Waals surface area contributed by atoms with Gasteiger partial charge in [-0.15, -0.1) is 12.4 Å². The number of ether oxygens (including phenoxy) is 2. The van der Waals surface area contributed by atoms with Crippen molar-refractivity contribution in [1.82, 2.24) is 4.90 Å². The summed E-state index contributed by atoms with van der Waals surface area (Å²) in [6, 6.07) is 12.0. The maximum atomic E-state index is 6.03. The molecule has 4 rings (SSSR count). The van der Waals surface area contributed by atoms with Gasteiger partial charge in [0.1, 0.15) is 11.9 Å². The van der Waals surface area contributed by atoms with Gasteiger partial charge in [0, 0.05) is 25.5 Å². The minimum atomic E-state index is -0.0529. The fourth-order valence-corrected chi connectivity index (χ4v) is 3.14. The van der Waals surface area contributed by atoms with Gasteiger partial charge in [0.15, 0.2) is 11.5 Å². The average Bonchev–Trinajstić information content (AvgIpc) is 2.99. The zero-order valence-corrected chi connectivity index (χ0v) is 15.0. The lowest BCUT2D eigenvalue weighted by Crippen LogP contribution is -2.28. The number of aliphatic imine (C=N–C) groups is 1. The van der Waals surface area contributed by atoms with E-state index in [9.17, 15) is 0 Å². The maximum Gasteiger partial charge on any atom is 0.231 e. The van der Waals surface area contributed by atoms with E-state index in [0.717, 1.165) is 34.3 Å². The van der Waals surface area contributed by atoms with Gasteiger partial charge in [0.25, 0.3) is 0 Å². The van der Waals surface area contributed by atoms with Crippen molar-refractivity contribution in [2.45, 2.75) is 12.5 Å². The van der Waals surface area contributed by atoms with Crippen molar-refractivity contribution in [2.75, 3.05) is 20.9 Å². The van der Waals surface area contributed by atoms with Crippen LogP contribution in [0.25, 0.3) is 0 Å². The highest BCUT2D eigenvalue weighted by atomic mass is 35.5. The van der Waals surface area contributed by atoms with Gasteiger partial charge in [-0.1, -0.05) is 23.7 Å². The Balaban J connectivity index is 0.00000169. The van der Waals surface area contributed by atoms with Gasteiger partial charge >= 0.3 is 0 Å². The number of rotatable bonds is 1. The standard InChI is InChI=1S/C18H17ClN2O2.ClH/c1-21(2)17-8-12-7-15-16(23-10-22-15)9-14(12)18(20-17)11-3-5-13(19)6-4-11;/h3-7,9,18H,8,10H2,1-2H3;1H. The molecule has 2 aromatic carbocycles. The first-order chi connectivity index (χ1) is 11.1. The second-order valence-corrected chi connectivity index (χ2v) is 6.41. The first-order valence-corrected chi connectivity index (χ1v) is 7.91. The lowest BCUT2D eigenvalue weighted by Gasteiger charge is -2.28. The van der Waals surface area contributed by atoms with Crippen molar-refractivity contribution in [3.8, 4) is 11.5 Å². The molecular weight excluding hydrogens is 347 g/mol. The summed E-state index contributed by atoms with van der Waals surface area (Å²) in [5.41, 5.74) is 3.52. The SMILES string of the molecule is CN(C)C1=NC(c2ccc(Cl)cc2)c2cc3c(cc2C1)OCO3.Cl. The molecule has 126 valence electrons. The average molecular weight is 365 g/mol. The number of nitrogens with zero attached hydrogens (tertiary/aromatic N) is 2. The Labute approximate surface area is 152 Å². The normalized spacial score (nSPS) is 17.6. The second-order valence-electron chi connectivity index (χ2n) is 5.97. The van der Waals surface area contributed by atoms with E-state index in [4.69, 9.17) is 26.1 Å². The minimum absolute atomic E-state index is 0. The van der Waals surface area contributed by atoms with Crippen molar-refractivity contribution in [1.29, 1.82) is 0 Å². The Morgan fingerprint density at radius 2 is 1.75 bits per heavy atom. The summed E-state index contributed by atoms with van der Waals surface area (Å²) in [5.74, 6) is 2.67. The van der Waals surface area contributed by atoms with Gasteiger partial charge < -0.3 is 14.4 Å². The minimum Gasteiger partial charge on any atom is -0.454 e. The molecule has 1 atom stereocenters. The molecule has 0 N–H and O–H groups in total. The molecule has 2 heterocycles. The first-order valence-electron chi connectivity index (χ1n) is 7.53. The summed E-state index contributed by atoms with van der Waals surface area (Å²) >= 11 is 6.03. The number of likely N-dealkylation sites (N-methyl/N-ethyl adjacent to an activating group) is 1. The van der Waals surface area contributed by atoms with E-state index in [2.05, 4.69) is 17.0 Å². The van der Waals surface area contributed by atoms with Gasteiger partial charge in [0.2, 0.25) is 6.79 Å². The van der Waals surface area contributed by atoms with Gasteiger partial charge in [-0.25, -0.2) is 0 Å². The predicted molar refractivity (Wildman–Crippen MR) is 97.9 cm³/mol. The fourth-order valence-electron chi connectivity index (χ4n) is 3.01. The van der Waals surface area contributed by atoms with Crippen molar-refractivity contribution >= 4 is 29.8 Å². The maximum absolute atomic E-state index is 6.03. The fraction of sp³-hybridized carbons (Fsp3) is 0.278. The Hall–Kier alpha value is -1.91. The molecule has 0 saturated heterocycles. The summed E-state index contributed by atoms with van der Waals surface area (Å²) in [6.45, 7) is 0.283. The summed E-state index contributed by atoms with van der Waals surface area (Å²) < 4.78 is 11.1. The van der Waals surface area contributed by atoms with Gasteiger partial charge in [0.05, 0.1) is 0 Å². The summed E-state index contributed by atoms with van der Waals surface area (Å²) in [6.07, 6.45) is 0.795. The smallest absolute Gasteiger partial charge is 0.231 e. The third kappa shape index (κ3) is 2.92. The number of hydrogen-bond donors (Lipinski definition) is 0. The Morgan fingerprint density at radius 1 is 1.08 bits per heavy atom. The Kier molecular flexibility index (Phi) is 4.61. The largest absolute Gasteiger partial charge is 0.454 e. The summed E-state index contributed by atoms with van der Waals surface area (Å²) in [7, 11) is 4.05. The highest BCUT2D eigenvalue weighted by molar-refractivity contribution is 6.30. The number of benzene rings is 2. The monoisotopic (exact) mass is 364 g/mol. The van der Waals surface area contributed by atoms with Crippen LogP contribution in [0.4, 0.5) is 0 Å². The topological polar surface area (TPSA) is 34.1 Å². The Bertz CT molecular complexity index is 788. The van der Waals surface area contributed by atoms with E-state index in [1.807, 2.05) is 38.4 Å². The zero-order valence-electron chi connectivity index (χ0n) is 13.5. The molecule has 0 amide bonds. The van der Waals surface area contributed by atoms with Crippen LogP contribution in [0.5, 0.6) is 11.5 Å². The second kappa shape index (κ2) is 6.54. The van der Waals surface area contributed by atoms with Crippen molar-refractivity contribution < 1.29 is 9.47 Å². The van der Waals surface area contributed by atoms with Crippen LogP contribution in [0.1, 0.15) is 22.7 Å². The molecule has 24 heavy (non-hydrogen) atoms. The van der Waals surface area contributed by atoms with Crippen LogP contribution >= 0.6 is 24.0 Å². The number of fused-ring (bicyclic) bond motifs is 2. The molecule has 0 fully saturated rings. The highest BCUT2D eigenvalue weighted by Gasteiger charge is 2.27. The van der Waals surface area contributed by atoms with E-state index in [1.54, 1.807) is 0 Å². The molecule has 0 bridgehead atoms.